The number of nitrogens with zero attached hydrogens (tertiary/aromatic N) is 2. The first-order valence-electron chi connectivity index (χ1n) is 9.70. The molecule has 28 heavy (non-hydrogen) atoms. The quantitative estimate of drug-likeness (QED) is 0.460. The third-order valence-electron chi connectivity index (χ3n) is 4.96. The standard InChI is InChI=1S/C24H25N3O/c1-3-4-18-5-7-19(8-6-18)16-25-20-9-14-24-23(15-20)26-17-27(24)21-10-12-22(28-2)13-11-21/h5-15,17,25H,3-4,16H2,1-2H3. The molecule has 0 radical (unpaired) electrons. The highest BCUT2D eigenvalue weighted by Gasteiger charge is 2.06. The lowest BCUT2D eigenvalue weighted by atomic mass is 10.1. The molecule has 1 N–H and O–H groups in total. The number of methoxy groups -OCH3 is 1. The van der Waals surface area contributed by atoms with E-state index in [2.05, 4.69) is 64.3 Å². The van der Waals surface area contributed by atoms with Gasteiger partial charge in [0.2, 0.25) is 0 Å². The van der Waals surface area contributed by atoms with E-state index < -0.39 is 0 Å². The number of hydrogen-bond acceptors (Lipinski definition) is 3. The van der Waals surface area contributed by atoms with Crippen LogP contribution in [0, 0.1) is 0 Å². The summed E-state index contributed by atoms with van der Waals surface area (Å²) in [6.07, 6.45) is 4.19. The molecular formula is C24H25N3O. The molecule has 4 rings (SSSR count). The smallest absolute Gasteiger partial charge is 0.119 e. The Kier molecular flexibility index (Phi) is 5.29. The number of aryl methyl sites for hydroxylation is 1. The molecule has 0 fully saturated rings. The number of ether oxygens (including phenoxy) is 1. The maximum atomic E-state index is 5.24. The van der Waals surface area contributed by atoms with Gasteiger partial charge in [-0.1, -0.05) is 37.6 Å². The van der Waals surface area contributed by atoms with Crippen LogP contribution in [0.5, 0.6) is 5.75 Å². The van der Waals surface area contributed by atoms with E-state index in [0.717, 1.165) is 41.1 Å². The van der Waals surface area contributed by atoms with Gasteiger partial charge >= 0.3 is 0 Å². The van der Waals surface area contributed by atoms with Gasteiger partial charge in [-0.15, -0.1) is 0 Å². The van der Waals surface area contributed by atoms with Crippen LogP contribution in [0.4, 0.5) is 5.69 Å². The molecule has 142 valence electrons. The first-order valence-corrected chi connectivity index (χ1v) is 9.70. The highest BCUT2D eigenvalue weighted by atomic mass is 16.5. The molecule has 0 amide bonds. The Morgan fingerprint density at radius 1 is 0.929 bits per heavy atom. The van der Waals surface area contributed by atoms with E-state index in [-0.39, 0.29) is 0 Å². The van der Waals surface area contributed by atoms with Crippen LogP contribution in [-0.2, 0) is 13.0 Å². The molecule has 1 heterocycles. The van der Waals surface area contributed by atoms with Crippen LogP contribution in [-0.4, -0.2) is 16.7 Å². The molecule has 0 bridgehead atoms. The van der Waals surface area contributed by atoms with E-state index in [1.165, 1.54) is 17.5 Å². The average molecular weight is 371 g/mol. The minimum Gasteiger partial charge on any atom is -0.497 e. The average Bonchev–Trinajstić information content (AvgIpc) is 3.17. The van der Waals surface area contributed by atoms with Gasteiger partial charge in [0, 0.05) is 17.9 Å². The van der Waals surface area contributed by atoms with Gasteiger partial charge in [0.05, 0.1) is 18.1 Å². The van der Waals surface area contributed by atoms with Crippen molar-refractivity contribution in [3.8, 4) is 11.4 Å². The second-order valence-corrected chi connectivity index (χ2v) is 6.94. The van der Waals surface area contributed by atoms with Crippen molar-refractivity contribution in [2.75, 3.05) is 12.4 Å². The number of benzene rings is 3. The second-order valence-electron chi connectivity index (χ2n) is 6.94. The number of aromatic nitrogens is 2. The van der Waals surface area contributed by atoms with Crippen LogP contribution in [0.3, 0.4) is 0 Å². The monoisotopic (exact) mass is 371 g/mol. The van der Waals surface area contributed by atoms with E-state index in [9.17, 15) is 0 Å². The van der Waals surface area contributed by atoms with Crippen LogP contribution >= 0.6 is 0 Å². The third kappa shape index (κ3) is 3.86. The SMILES string of the molecule is CCCc1ccc(CNc2ccc3c(c2)ncn3-c2ccc(OC)cc2)cc1. The summed E-state index contributed by atoms with van der Waals surface area (Å²) in [7, 11) is 1.68. The van der Waals surface area contributed by atoms with Gasteiger partial charge in [-0.3, -0.25) is 4.57 Å². The molecule has 4 heteroatoms. The van der Waals surface area contributed by atoms with Gasteiger partial charge in [0.15, 0.2) is 0 Å². The molecule has 0 unspecified atom stereocenters. The predicted octanol–water partition coefficient (Wildman–Crippen LogP) is 5.60. The maximum absolute atomic E-state index is 5.24. The first kappa shape index (κ1) is 18.1. The summed E-state index contributed by atoms with van der Waals surface area (Å²) < 4.78 is 7.33. The molecular weight excluding hydrogens is 346 g/mol. The van der Waals surface area contributed by atoms with Gasteiger partial charge in [0.25, 0.3) is 0 Å². The summed E-state index contributed by atoms with van der Waals surface area (Å²) in [5.74, 6) is 0.849. The normalized spacial score (nSPS) is 10.9. The van der Waals surface area contributed by atoms with Crippen molar-refractivity contribution in [3.63, 3.8) is 0 Å². The molecule has 0 aliphatic heterocycles. The van der Waals surface area contributed by atoms with Crippen LogP contribution in [0.15, 0.2) is 73.1 Å². The summed E-state index contributed by atoms with van der Waals surface area (Å²) in [4.78, 5) is 4.58. The molecule has 0 aliphatic rings. The van der Waals surface area contributed by atoms with E-state index in [0.29, 0.717) is 0 Å². The van der Waals surface area contributed by atoms with Gasteiger partial charge in [-0.25, -0.2) is 4.98 Å². The summed E-state index contributed by atoms with van der Waals surface area (Å²) in [5.41, 5.74) is 6.88. The van der Waals surface area contributed by atoms with Crippen molar-refractivity contribution >= 4 is 16.7 Å². The van der Waals surface area contributed by atoms with Gasteiger partial charge in [0.1, 0.15) is 12.1 Å². The van der Waals surface area contributed by atoms with E-state index >= 15 is 0 Å². The van der Waals surface area contributed by atoms with Crippen molar-refractivity contribution in [1.82, 2.24) is 9.55 Å². The molecule has 0 atom stereocenters. The van der Waals surface area contributed by atoms with E-state index in [1.54, 1.807) is 7.11 Å². The molecule has 4 aromatic rings. The Morgan fingerprint density at radius 2 is 1.68 bits per heavy atom. The summed E-state index contributed by atoms with van der Waals surface area (Å²) >= 11 is 0. The molecule has 1 aromatic heterocycles. The fraction of sp³-hybridized carbons (Fsp3) is 0.208. The number of fused-ring (bicyclic) bond motifs is 1. The lowest BCUT2D eigenvalue weighted by Gasteiger charge is -2.09. The Balaban J connectivity index is 1.49. The predicted molar refractivity (Wildman–Crippen MR) is 115 cm³/mol. The molecule has 0 aliphatic carbocycles. The zero-order valence-corrected chi connectivity index (χ0v) is 16.4. The summed E-state index contributed by atoms with van der Waals surface area (Å²) in [5, 5.41) is 3.50. The fourth-order valence-corrected chi connectivity index (χ4v) is 3.39. The van der Waals surface area contributed by atoms with Crippen LogP contribution < -0.4 is 10.1 Å². The first-order chi connectivity index (χ1) is 13.8. The van der Waals surface area contributed by atoms with Crippen molar-refractivity contribution < 1.29 is 4.74 Å². The maximum Gasteiger partial charge on any atom is 0.119 e. The lowest BCUT2D eigenvalue weighted by molar-refractivity contribution is 0.415. The number of anilines is 1. The molecule has 0 saturated carbocycles. The second kappa shape index (κ2) is 8.17. The highest BCUT2D eigenvalue weighted by molar-refractivity contribution is 5.81. The summed E-state index contributed by atoms with van der Waals surface area (Å²) in [6, 6.07) is 23.2. The minimum atomic E-state index is 0.803. The van der Waals surface area contributed by atoms with Gasteiger partial charge in [-0.2, -0.15) is 0 Å². The Morgan fingerprint density at radius 3 is 2.39 bits per heavy atom. The largest absolute Gasteiger partial charge is 0.497 e. The highest BCUT2D eigenvalue weighted by Crippen LogP contribution is 2.23. The van der Waals surface area contributed by atoms with Gasteiger partial charge in [-0.05, 0) is 60.0 Å². The number of nitrogens with one attached hydrogen (secondary N) is 1. The van der Waals surface area contributed by atoms with E-state index in [4.69, 9.17) is 4.74 Å². The van der Waals surface area contributed by atoms with Crippen LogP contribution in [0.25, 0.3) is 16.7 Å². The zero-order valence-electron chi connectivity index (χ0n) is 16.4. The van der Waals surface area contributed by atoms with E-state index in [1.807, 2.05) is 30.6 Å². The summed E-state index contributed by atoms with van der Waals surface area (Å²) in [6.45, 7) is 3.01. The topological polar surface area (TPSA) is 39.1 Å². The van der Waals surface area contributed by atoms with Crippen molar-refractivity contribution in [2.24, 2.45) is 0 Å². The Bertz CT molecular complexity index is 1050. The number of rotatable bonds is 7. The van der Waals surface area contributed by atoms with Crippen LogP contribution in [0.2, 0.25) is 0 Å². The molecule has 0 spiro atoms. The van der Waals surface area contributed by atoms with Gasteiger partial charge < -0.3 is 10.1 Å². The lowest BCUT2D eigenvalue weighted by Crippen LogP contribution is -1.99. The number of hydrogen-bond donors (Lipinski definition) is 1. The number of imidazole rings is 1. The van der Waals surface area contributed by atoms with Crippen molar-refractivity contribution in [2.45, 2.75) is 26.3 Å². The Labute approximate surface area is 165 Å². The van der Waals surface area contributed by atoms with Crippen molar-refractivity contribution in [3.05, 3.63) is 84.2 Å². The minimum absolute atomic E-state index is 0.803. The third-order valence-corrected chi connectivity index (χ3v) is 4.96. The Hall–Kier alpha value is -3.27. The fourth-order valence-electron chi connectivity index (χ4n) is 3.39. The van der Waals surface area contributed by atoms with Crippen LogP contribution in [0.1, 0.15) is 24.5 Å². The zero-order chi connectivity index (χ0) is 19.3. The molecule has 3 aromatic carbocycles. The molecule has 0 saturated heterocycles. The molecule has 4 nitrogen and oxygen atoms in total. The van der Waals surface area contributed by atoms with Crippen molar-refractivity contribution in [1.29, 1.82) is 0 Å².